The van der Waals surface area contributed by atoms with Crippen LogP contribution in [0.2, 0.25) is 0 Å². The molecule has 1 aromatic heterocycles. The third-order valence-corrected chi connectivity index (χ3v) is 5.39. The minimum Gasteiger partial charge on any atom is -0.497 e. The van der Waals surface area contributed by atoms with Crippen molar-refractivity contribution >= 4 is 28.3 Å². The lowest BCUT2D eigenvalue weighted by atomic mass is 10.0. The summed E-state index contributed by atoms with van der Waals surface area (Å²) in [6, 6.07) is 21.2. The average Bonchev–Trinajstić information content (AvgIpc) is 2.91. The van der Waals surface area contributed by atoms with E-state index >= 15 is 0 Å². The molecule has 0 radical (unpaired) electrons. The fourth-order valence-electron chi connectivity index (χ4n) is 3.53. The third kappa shape index (κ3) is 5.25. The number of hydrogen-bond donors (Lipinski definition) is 3. The van der Waals surface area contributed by atoms with Crippen LogP contribution >= 0.6 is 0 Å². The van der Waals surface area contributed by atoms with Crippen LogP contribution < -0.4 is 21.0 Å². The van der Waals surface area contributed by atoms with E-state index in [9.17, 15) is 14.4 Å². The monoisotopic (exact) mass is 469 g/mol. The second-order valence-corrected chi connectivity index (χ2v) is 7.66. The summed E-state index contributed by atoms with van der Waals surface area (Å²) in [5.41, 5.74) is 3.96. The SMILES string of the molecule is COc1cccc(C(C)=NNC(=O)C(NC(=O)c2ccccc2)c2n[nH]c(=O)c3ccccc23)c1. The van der Waals surface area contributed by atoms with E-state index in [-0.39, 0.29) is 5.69 Å². The van der Waals surface area contributed by atoms with Crippen LogP contribution in [0.3, 0.4) is 0 Å². The van der Waals surface area contributed by atoms with Gasteiger partial charge in [0, 0.05) is 16.5 Å². The fourth-order valence-corrected chi connectivity index (χ4v) is 3.53. The number of hydrazone groups is 1. The van der Waals surface area contributed by atoms with Gasteiger partial charge < -0.3 is 10.1 Å². The van der Waals surface area contributed by atoms with Crippen molar-refractivity contribution in [1.82, 2.24) is 20.9 Å². The Morgan fingerprint density at radius 2 is 1.63 bits per heavy atom. The molecule has 2 amide bonds. The van der Waals surface area contributed by atoms with Crippen LogP contribution in [0.1, 0.15) is 34.6 Å². The number of carbonyl (C=O) groups is 2. The molecule has 9 nitrogen and oxygen atoms in total. The van der Waals surface area contributed by atoms with E-state index in [4.69, 9.17) is 4.74 Å². The van der Waals surface area contributed by atoms with E-state index in [1.54, 1.807) is 80.8 Å². The van der Waals surface area contributed by atoms with Crippen LogP contribution in [-0.2, 0) is 4.79 Å². The van der Waals surface area contributed by atoms with Gasteiger partial charge in [0.1, 0.15) is 11.4 Å². The highest BCUT2D eigenvalue weighted by molar-refractivity contribution is 6.01. The molecule has 0 aliphatic heterocycles. The summed E-state index contributed by atoms with van der Waals surface area (Å²) < 4.78 is 5.24. The first-order valence-electron chi connectivity index (χ1n) is 10.8. The molecule has 1 atom stereocenters. The van der Waals surface area contributed by atoms with Gasteiger partial charge in [-0.1, -0.05) is 48.5 Å². The van der Waals surface area contributed by atoms with Crippen molar-refractivity contribution in [2.24, 2.45) is 5.10 Å². The van der Waals surface area contributed by atoms with Gasteiger partial charge >= 0.3 is 0 Å². The Morgan fingerprint density at radius 1 is 0.943 bits per heavy atom. The van der Waals surface area contributed by atoms with E-state index in [1.165, 1.54) is 0 Å². The van der Waals surface area contributed by atoms with Gasteiger partial charge in [0.05, 0.1) is 18.2 Å². The second kappa shape index (κ2) is 10.4. The molecular formula is C26H23N5O4. The summed E-state index contributed by atoms with van der Waals surface area (Å²) in [4.78, 5) is 38.5. The Labute approximate surface area is 200 Å². The third-order valence-electron chi connectivity index (χ3n) is 5.39. The summed E-state index contributed by atoms with van der Waals surface area (Å²) in [7, 11) is 1.56. The molecule has 0 aliphatic carbocycles. The first-order valence-corrected chi connectivity index (χ1v) is 10.8. The summed E-state index contributed by atoms with van der Waals surface area (Å²) >= 11 is 0. The molecule has 0 aliphatic rings. The first-order chi connectivity index (χ1) is 17.0. The van der Waals surface area contributed by atoms with Crippen molar-refractivity contribution in [2.75, 3.05) is 7.11 Å². The Hall–Kier alpha value is -4.79. The lowest BCUT2D eigenvalue weighted by Crippen LogP contribution is -2.40. The van der Waals surface area contributed by atoms with E-state index in [0.29, 0.717) is 27.8 Å². The molecule has 0 fully saturated rings. The number of aromatic amines is 1. The highest BCUT2D eigenvalue weighted by Gasteiger charge is 2.27. The van der Waals surface area contributed by atoms with Gasteiger partial charge in [-0.3, -0.25) is 14.4 Å². The van der Waals surface area contributed by atoms with Crippen LogP contribution in [0.25, 0.3) is 10.8 Å². The molecule has 3 aromatic carbocycles. The molecule has 0 spiro atoms. The predicted molar refractivity (Wildman–Crippen MR) is 132 cm³/mol. The highest BCUT2D eigenvalue weighted by atomic mass is 16.5. The molecule has 9 heteroatoms. The number of hydrogen-bond acceptors (Lipinski definition) is 6. The zero-order valence-corrected chi connectivity index (χ0v) is 19.1. The number of carbonyl (C=O) groups excluding carboxylic acids is 2. The van der Waals surface area contributed by atoms with Crippen LogP contribution in [0.4, 0.5) is 0 Å². The largest absolute Gasteiger partial charge is 0.497 e. The molecule has 1 heterocycles. The van der Waals surface area contributed by atoms with Crippen LogP contribution in [0.5, 0.6) is 5.75 Å². The van der Waals surface area contributed by atoms with Crippen LogP contribution in [0.15, 0.2) is 88.8 Å². The zero-order chi connectivity index (χ0) is 24.8. The van der Waals surface area contributed by atoms with Gasteiger partial charge in [0.2, 0.25) is 0 Å². The van der Waals surface area contributed by atoms with Gasteiger partial charge in [0.15, 0.2) is 6.04 Å². The predicted octanol–water partition coefficient (Wildman–Crippen LogP) is 2.94. The Bertz CT molecular complexity index is 1460. The number of benzene rings is 3. The Balaban J connectivity index is 1.69. The lowest BCUT2D eigenvalue weighted by molar-refractivity contribution is -0.123. The van der Waals surface area contributed by atoms with Crippen molar-refractivity contribution in [3.05, 3.63) is 106 Å². The number of H-pyrrole nitrogens is 1. The van der Waals surface area contributed by atoms with Crippen molar-refractivity contribution in [2.45, 2.75) is 13.0 Å². The number of amides is 2. The summed E-state index contributed by atoms with van der Waals surface area (Å²) in [6.07, 6.45) is 0. The number of nitrogens with one attached hydrogen (secondary N) is 3. The van der Waals surface area contributed by atoms with E-state index in [1.807, 2.05) is 12.1 Å². The van der Waals surface area contributed by atoms with Crippen LogP contribution in [0, 0.1) is 0 Å². The Morgan fingerprint density at radius 3 is 2.37 bits per heavy atom. The summed E-state index contributed by atoms with van der Waals surface area (Å²) in [5, 5.41) is 14.2. The van der Waals surface area contributed by atoms with Gasteiger partial charge in [-0.2, -0.15) is 10.2 Å². The minimum atomic E-state index is -1.23. The molecule has 0 saturated heterocycles. The van der Waals surface area contributed by atoms with Gasteiger partial charge in [-0.05, 0) is 37.3 Å². The molecule has 0 saturated carbocycles. The van der Waals surface area contributed by atoms with Gasteiger partial charge in [-0.25, -0.2) is 10.5 Å². The van der Waals surface area contributed by atoms with Crippen molar-refractivity contribution in [1.29, 1.82) is 0 Å². The lowest BCUT2D eigenvalue weighted by Gasteiger charge is -2.18. The second-order valence-electron chi connectivity index (χ2n) is 7.66. The first kappa shape index (κ1) is 23.4. The van der Waals surface area contributed by atoms with Gasteiger partial charge in [-0.15, -0.1) is 0 Å². The normalized spacial score (nSPS) is 12.1. The Kier molecular flexibility index (Phi) is 6.96. The van der Waals surface area contributed by atoms with Crippen molar-refractivity contribution in [3.63, 3.8) is 0 Å². The number of aromatic nitrogens is 2. The standard InChI is InChI=1S/C26H23N5O4/c1-16(18-11-8-12-19(15-18)35-2)28-31-26(34)23(27-24(32)17-9-4-3-5-10-17)22-20-13-6-7-14-21(20)25(33)30-29-22/h3-15,23H,1-2H3,(H,27,32)(H,30,33)(H,31,34). The van der Waals surface area contributed by atoms with E-state index in [0.717, 1.165) is 5.56 Å². The quantitative estimate of drug-likeness (QED) is 0.283. The average molecular weight is 470 g/mol. The maximum Gasteiger partial charge on any atom is 0.272 e. The number of fused-ring (bicyclic) bond motifs is 1. The zero-order valence-electron chi connectivity index (χ0n) is 19.1. The van der Waals surface area contributed by atoms with E-state index in [2.05, 4.69) is 26.0 Å². The summed E-state index contributed by atoms with van der Waals surface area (Å²) in [5.74, 6) is -0.446. The number of ether oxygens (including phenoxy) is 1. The topological polar surface area (TPSA) is 126 Å². The molecule has 1 unspecified atom stereocenters. The van der Waals surface area contributed by atoms with Crippen LogP contribution in [-0.4, -0.2) is 34.8 Å². The molecule has 4 rings (SSSR count). The number of methoxy groups -OCH3 is 1. The maximum absolute atomic E-state index is 13.3. The number of rotatable bonds is 7. The number of nitrogens with zero attached hydrogens (tertiary/aromatic N) is 2. The maximum atomic E-state index is 13.3. The molecule has 4 aromatic rings. The summed E-state index contributed by atoms with van der Waals surface area (Å²) in [6.45, 7) is 1.74. The van der Waals surface area contributed by atoms with Crippen molar-refractivity contribution in [3.8, 4) is 5.75 Å². The minimum absolute atomic E-state index is 0.191. The van der Waals surface area contributed by atoms with Crippen molar-refractivity contribution < 1.29 is 14.3 Å². The molecule has 35 heavy (non-hydrogen) atoms. The smallest absolute Gasteiger partial charge is 0.272 e. The van der Waals surface area contributed by atoms with E-state index < -0.39 is 23.4 Å². The van der Waals surface area contributed by atoms with Gasteiger partial charge in [0.25, 0.3) is 17.4 Å². The fraction of sp³-hybridized carbons (Fsp3) is 0.115. The molecule has 176 valence electrons. The molecule has 0 bridgehead atoms. The highest BCUT2D eigenvalue weighted by Crippen LogP contribution is 2.20. The molecular weight excluding hydrogens is 446 g/mol. The molecule has 3 N–H and O–H groups in total.